The first-order chi connectivity index (χ1) is 12.7. The van der Waals surface area contributed by atoms with Crippen LogP contribution in [0.5, 0.6) is 0 Å². The van der Waals surface area contributed by atoms with Crippen LogP contribution in [0.3, 0.4) is 0 Å². The average molecular weight is 367 g/mol. The lowest BCUT2D eigenvalue weighted by atomic mass is 10.2. The number of piperidine rings is 1. The van der Waals surface area contributed by atoms with E-state index in [1.54, 1.807) is 12.4 Å². The van der Waals surface area contributed by atoms with Crippen molar-refractivity contribution in [1.82, 2.24) is 20.4 Å². The van der Waals surface area contributed by atoms with Crippen molar-refractivity contribution < 1.29 is 4.79 Å². The Hall–Kier alpha value is -2.93. The van der Waals surface area contributed by atoms with Gasteiger partial charge in [-0.2, -0.15) is 15.3 Å². The molecule has 1 aliphatic carbocycles. The molecule has 2 N–H and O–H groups in total. The second-order valence-electron chi connectivity index (χ2n) is 6.57. The lowest BCUT2D eigenvalue weighted by Crippen LogP contribution is -2.38. The second-order valence-corrected chi connectivity index (χ2v) is 7.01. The summed E-state index contributed by atoms with van der Waals surface area (Å²) in [6.07, 6.45) is 4.26. The molecule has 5 rings (SSSR count). The van der Waals surface area contributed by atoms with Crippen LogP contribution in [0.2, 0.25) is 5.02 Å². The fraction of sp³-hybridized carbons (Fsp3) is 0.222. The van der Waals surface area contributed by atoms with Crippen LogP contribution in [-0.4, -0.2) is 38.4 Å². The monoisotopic (exact) mass is 366 g/mol. The molecule has 7 nitrogen and oxygen atoms in total. The zero-order chi connectivity index (χ0) is 17.7. The molecule has 3 aromatic rings. The Morgan fingerprint density at radius 2 is 2.04 bits per heavy atom. The molecular weight excluding hydrogens is 352 g/mol. The number of carbonyl (C=O) groups is 1. The van der Waals surface area contributed by atoms with E-state index in [9.17, 15) is 4.79 Å². The van der Waals surface area contributed by atoms with Gasteiger partial charge in [0.2, 0.25) is 0 Å². The molecule has 1 aliphatic heterocycles. The van der Waals surface area contributed by atoms with E-state index in [-0.39, 0.29) is 18.0 Å². The van der Waals surface area contributed by atoms with Gasteiger partial charge in [-0.25, -0.2) is 0 Å². The summed E-state index contributed by atoms with van der Waals surface area (Å²) in [6, 6.07) is 11.1. The second kappa shape index (κ2) is 5.81. The molecule has 0 bridgehead atoms. The summed E-state index contributed by atoms with van der Waals surface area (Å²) in [4.78, 5) is 14.8. The topological polar surface area (TPSA) is 86.8 Å². The molecule has 1 aromatic carbocycles. The van der Waals surface area contributed by atoms with Crippen molar-refractivity contribution in [3.8, 4) is 11.3 Å². The van der Waals surface area contributed by atoms with Crippen LogP contribution in [0.1, 0.15) is 6.42 Å². The van der Waals surface area contributed by atoms with Gasteiger partial charge in [-0.1, -0.05) is 11.6 Å². The van der Waals surface area contributed by atoms with Crippen molar-refractivity contribution >= 4 is 29.0 Å². The Balaban J connectivity index is 1.37. The predicted octanol–water partition coefficient (Wildman–Crippen LogP) is 2.74. The molecule has 26 heavy (non-hydrogen) atoms. The van der Waals surface area contributed by atoms with Gasteiger partial charge in [-0.15, -0.1) is 0 Å². The summed E-state index contributed by atoms with van der Waals surface area (Å²) in [6.45, 7) is 0. The fourth-order valence-corrected chi connectivity index (χ4v) is 3.69. The fourth-order valence-electron chi connectivity index (χ4n) is 3.57. The maximum atomic E-state index is 12.9. The number of rotatable bonds is 4. The maximum absolute atomic E-state index is 12.9. The Labute approximate surface area is 154 Å². The van der Waals surface area contributed by atoms with E-state index in [0.717, 1.165) is 29.2 Å². The number of nitrogens with one attached hydrogen (secondary N) is 2. The molecule has 0 radical (unpaired) electrons. The summed E-state index contributed by atoms with van der Waals surface area (Å²) in [5, 5.41) is 19.0. The van der Waals surface area contributed by atoms with E-state index in [0.29, 0.717) is 10.9 Å². The van der Waals surface area contributed by atoms with Gasteiger partial charge < -0.3 is 5.32 Å². The number of H-pyrrole nitrogens is 1. The minimum Gasteiger partial charge on any atom is -0.373 e. The Bertz CT molecular complexity index is 957. The first kappa shape index (κ1) is 15.3. The number of anilines is 2. The zero-order valence-electron chi connectivity index (χ0n) is 13.6. The number of carbonyl (C=O) groups excluding carboxylic acids is 1. The third-order valence-corrected chi connectivity index (χ3v) is 5.19. The largest absolute Gasteiger partial charge is 0.373 e. The van der Waals surface area contributed by atoms with Gasteiger partial charge in [0.25, 0.3) is 5.91 Å². The molecule has 2 aromatic heterocycles. The number of benzene rings is 1. The summed E-state index contributed by atoms with van der Waals surface area (Å²) in [5.74, 6) is 1.09. The summed E-state index contributed by atoms with van der Waals surface area (Å²) >= 11 is 5.93. The minimum atomic E-state index is -0.226. The van der Waals surface area contributed by atoms with Crippen LogP contribution in [-0.2, 0) is 4.79 Å². The third-order valence-electron chi connectivity index (χ3n) is 4.94. The molecule has 2 fully saturated rings. The smallest absolute Gasteiger partial charge is 0.251 e. The van der Waals surface area contributed by atoms with Crippen molar-refractivity contribution in [2.24, 2.45) is 5.92 Å². The number of halogens is 1. The average Bonchev–Trinajstić information content (AvgIpc) is 3.18. The van der Waals surface area contributed by atoms with Gasteiger partial charge in [0.05, 0.1) is 18.1 Å². The molecule has 3 atom stereocenters. The van der Waals surface area contributed by atoms with Gasteiger partial charge in [-0.05, 0) is 36.8 Å². The molecule has 130 valence electrons. The van der Waals surface area contributed by atoms with Crippen LogP contribution in [0.4, 0.5) is 11.5 Å². The molecule has 3 unspecified atom stereocenters. The van der Waals surface area contributed by atoms with Gasteiger partial charge in [0.1, 0.15) is 11.9 Å². The Morgan fingerprint density at radius 3 is 2.81 bits per heavy atom. The normalized spacial score (nSPS) is 23.8. The zero-order valence-corrected chi connectivity index (χ0v) is 14.4. The van der Waals surface area contributed by atoms with E-state index in [1.807, 2.05) is 41.3 Å². The molecule has 2 aliphatic rings. The highest BCUT2D eigenvalue weighted by Crippen LogP contribution is 2.48. The SMILES string of the molecule is O=C1C(Nc2ccc(Cl)cc2)C2CC2N1c1cc(-c2ccnnc2)n[nH]1. The lowest BCUT2D eigenvalue weighted by Gasteiger charge is -2.20. The van der Waals surface area contributed by atoms with E-state index >= 15 is 0 Å². The number of amides is 1. The Kier molecular flexibility index (Phi) is 3.43. The highest BCUT2D eigenvalue weighted by atomic mass is 35.5. The Morgan fingerprint density at radius 1 is 1.19 bits per heavy atom. The van der Waals surface area contributed by atoms with Crippen LogP contribution >= 0.6 is 11.6 Å². The molecule has 1 amide bonds. The van der Waals surface area contributed by atoms with E-state index in [2.05, 4.69) is 25.7 Å². The first-order valence-corrected chi connectivity index (χ1v) is 8.76. The number of aromatic amines is 1. The first-order valence-electron chi connectivity index (χ1n) is 8.38. The highest BCUT2D eigenvalue weighted by Gasteiger charge is 2.59. The van der Waals surface area contributed by atoms with Gasteiger partial charge in [-0.3, -0.25) is 14.8 Å². The van der Waals surface area contributed by atoms with Crippen LogP contribution in [0.25, 0.3) is 11.3 Å². The minimum absolute atomic E-state index is 0.0595. The van der Waals surface area contributed by atoms with Gasteiger partial charge >= 0.3 is 0 Å². The van der Waals surface area contributed by atoms with Crippen LogP contribution in [0.15, 0.2) is 48.8 Å². The van der Waals surface area contributed by atoms with Gasteiger partial charge in [0, 0.05) is 34.3 Å². The van der Waals surface area contributed by atoms with Crippen LogP contribution < -0.4 is 10.2 Å². The quantitative estimate of drug-likeness (QED) is 0.741. The molecule has 1 saturated heterocycles. The number of hydrogen-bond acceptors (Lipinski definition) is 5. The lowest BCUT2D eigenvalue weighted by molar-refractivity contribution is -0.118. The van der Waals surface area contributed by atoms with Crippen molar-refractivity contribution in [2.45, 2.75) is 18.5 Å². The van der Waals surface area contributed by atoms with Crippen molar-refractivity contribution in [1.29, 1.82) is 0 Å². The molecule has 1 saturated carbocycles. The highest BCUT2D eigenvalue weighted by molar-refractivity contribution is 6.30. The third kappa shape index (κ3) is 2.52. The number of nitrogens with zero attached hydrogens (tertiary/aromatic N) is 4. The van der Waals surface area contributed by atoms with E-state index in [4.69, 9.17) is 11.6 Å². The summed E-state index contributed by atoms with van der Waals surface area (Å²) in [5.41, 5.74) is 2.50. The van der Waals surface area contributed by atoms with Crippen molar-refractivity contribution in [3.05, 3.63) is 53.8 Å². The number of fused-ring (bicyclic) bond motifs is 1. The van der Waals surface area contributed by atoms with Crippen molar-refractivity contribution in [3.63, 3.8) is 0 Å². The molecule has 3 heterocycles. The maximum Gasteiger partial charge on any atom is 0.251 e. The number of hydrogen-bond donors (Lipinski definition) is 2. The predicted molar refractivity (Wildman–Crippen MR) is 97.9 cm³/mol. The van der Waals surface area contributed by atoms with E-state index in [1.165, 1.54) is 0 Å². The van der Waals surface area contributed by atoms with Crippen LogP contribution in [0, 0.1) is 5.92 Å². The molecule has 0 spiro atoms. The summed E-state index contributed by atoms with van der Waals surface area (Å²) in [7, 11) is 0. The number of aromatic nitrogens is 4. The molecule has 8 heteroatoms. The standard InChI is InChI=1S/C18H15ClN6O/c19-11-1-3-12(4-2-11)22-17-13-7-15(13)25(18(17)26)16-8-14(23-24-16)10-5-6-20-21-9-10/h1-6,8-9,13,15,17,22H,7H2,(H,23,24). The van der Waals surface area contributed by atoms with E-state index < -0.39 is 0 Å². The summed E-state index contributed by atoms with van der Waals surface area (Å²) < 4.78 is 0. The van der Waals surface area contributed by atoms with Gasteiger partial charge in [0.15, 0.2) is 0 Å². The molecular formula is C18H15ClN6O. The van der Waals surface area contributed by atoms with Crippen molar-refractivity contribution in [2.75, 3.05) is 10.2 Å².